The molecule has 1 aliphatic rings. The summed E-state index contributed by atoms with van der Waals surface area (Å²) in [6.07, 6.45) is 0. The smallest absolute Gasteiger partial charge is 0.248 e. The minimum absolute atomic E-state index is 0.0652. The van der Waals surface area contributed by atoms with Crippen molar-refractivity contribution in [2.75, 3.05) is 4.90 Å². The second-order valence-corrected chi connectivity index (χ2v) is 11.2. The second-order valence-electron chi connectivity index (χ2n) is 8.82. The number of aromatic hydroxyl groups is 2. The highest BCUT2D eigenvalue weighted by molar-refractivity contribution is 9.10. The van der Waals surface area contributed by atoms with Crippen LogP contribution in [0.5, 0.6) is 11.5 Å². The zero-order valence-corrected chi connectivity index (χ0v) is 23.5. The number of carbonyl (C=O) groups excluding carboxylic acids is 1. The zero-order valence-electron chi connectivity index (χ0n) is 20.4. The summed E-state index contributed by atoms with van der Waals surface area (Å²) in [6, 6.07) is 23.3. The van der Waals surface area contributed by atoms with E-state index in [1.807, 2.05) is 36.4 Å². The van der Waals surface area contributed by atoms with Gasteiger partial charge >= 0.3 is 0 Å². The standard InChI is InChI=1S/C28H18BrClN6O3S/c29-15-4-3-5-16(12-15)32-34-20-10-9-18(37)14-22(20)36-26(25(30)27(36)39)19-13-17(8-11-23(19)38)33-35-28-31-21-6-1-2-7-24(21)40-28/h1-14,25-26,37-38H. The third-order valence-corrected chi connectivity index (χ3v) is 8.03. The number of anilines is 1. The van der Waals surface area contributed by atoms with Crippen LogP contribution in [0.15, 0.2) is 110 Å². The maximum absolute atomic E-state index is 13.0. The van der Waals surface area contributed by atoms with Crippen LogP contribution in [0.4, 0.5) is 27.9 Å². The van der Waals surface area contributed by atoms with Crippen LogP contribution in [0.25, 0.3) is 10.2 Å². The van der Waals surface area contributed by atoms with Gasteiger partial charge in [-0.25, -0.2) is 4.98 Å². The summed E-state index contributed by atoms with van der Waals surface area (Å²) >= 11 is 11.3. The molecule has 2 N–H and O–H groups in total. The first-order chi connectivity index (χ1) is 19.4. The Morgan fingerprint density at radius 3 is 2.50 bits per heavy atom. The quantitative estimate of drug-likeness (QED) is 0.110. The molecule has 12 heteroatoms. The van der Waals surface area contributed by atoms with E-state index in [2.05, 4.69) is 41.4 Å². The molecule has 6 rings (SSSR count). The number of benzene rings is 4. The van der Waals surface area contributed by atoms with Crippen molar-refractivity contribution >= 4 is 82.9 Å². The molecule has 9 nitrogen and oxygen atoms in total. The predicted octanol–water partition coefficient (Wildman–Crippen LogP) is 9.00. The molecule has 1 saturated heterocycles. The number of phenols is 2. The van der Waals surface area contributed by atoms with Gasteiger partial charge in [-0.1, -0.05) is 45.5 Å². The van der Waals surface area contributed by atoms with Gasteiger partial charge in [-0.2, -0.15) is 5.11 Å². The van der Waals surface area contributed by atoms with Crippen molar-refractivity contribution in [2.45, 2.75) is 11.4 Å². The molecule has 0 spiro atoms. The minimum Gasteiger partial charge on any atom is -0.508 e. The lowest BCUT2D eigenvalue weighted by Crippen LogP contribution is -2.56. The van der Waals surface area contributed by atoms with E-state index < -0.39 is 17.3 Å². The Labute approximate surface area is 245 Å². The predicted molar refractivity (Wildman–Crippen MR) is 158 cm³/mol. The fraction of sp³-hybridized carbons (Fsp3) is 0.0714. The van der Waals surface area contributed by atoms with E-state index in [9.17, 15) is 15.0 Å². The number of phenolic OH excluding ortho intramolecular Hbond substituents is 2. The molecular weight excluding hydrogens is 616 g/mol. The Hall–Kier alpha value is -4.19. The van der Waals surface area contributed by atoms with E-state index in [4.69, 9.17) is 11.6 Å². The number of azo groups is 2. The van der Waals surface area contributed by atoms with Crippen LogP contribution < -0.4 is 4.90 Å². The van der Waals surface area contributed by atoms with Gasteiger partial charge in [-0.15, -0.1) is 26.9 Å². The number of thiazole rings is 1. The van der Waals surface area contributed by atoms with Crippen LogP contribution in [0.3, 0.4) is 0 Å². The molecule has 0 bridgehead atoms. The zero-order chi connectivity index (χ0) is 27.8. The first-order valence-electron chi connectivity index (χ1n) is 11.9. The van der Waals surface area contributed by atoms with Gasteiger partial charge in [0, 0.05) is 16.1 Å². The topological polar surface area (TPSA) is 123 Å². The highest BCUT2D eigenvalue weighted by Crippen LogP contribution is 2.49. The lowest BCUT2D eigenvalue weighted by atomic mass is 9.91. The molecule has 1 aliphatic heterocycles. The van der Waals surface area contributed by atoms with Crippen LogP contribution >= 0.6 is 38.9 Å². The van der Waals surface area contributed by atoms with Crippen molar-refractivity contribution in [3.63, 3.8) is 0 Å². The number of rotatable bonds is 6. The molecular formula is C28H18BrClN6O3S. The number of hydrogen-bond acceptors (Lipinski definition) is 9. The molecule has 40 heavy (non-hydrogen) atoms. The number of halogens is 2. The van der Waals surface area contributed by atoms with Gasteiger partial charge in [-0.05, 0) is 60.7 Å². The molecule has 198 valence electrons. The van der Waals surface area contributed by atoms with Crippen LogP contribution in [-0.2, 0) is 4.79 Å². The van der Waals surface area contributed by atoms with Gasteiger partial charge in [0.1, 0.15) is 22.6 Å². The van der Waals surface area contributed by atoms with Crippen molar-refractivity contribution in [1.29, 1.82) is 0 Å². The van der Waals surface area contributed by atoms with Crippen molar-refractivity contribution in [2.24, 2.45) is 20.5 Å². The normalized spacial score (nSPS) is 17.2. The Balaban J connectivity index is 1.33. The third kappa shape index (κ3) is 5.06. The number of fused-ring (bicyclic) bond motifs is 1. The first-order valence-corrected chi connectivity index (χ1v) is 14.0. The van der Waals surface area contributed by atoms with E-state index in [0.717, 1.165) is 14.7 Å². The third-order valence-electron chi connectivity index (χ3n) is 6.19. The molecule has 2 atom stereocenters. The number of nitrogens with zero attached hydrogens (tertiary/aromatic N) is 6. The molecule has 1 amide bonds. The fourth-order valence-electron chi connectivity index (χ4n) is 4.30. The molecule has 0 radical (unpaired) electrons. The molecule has 1 aromatic heterocycles. The Bertz CT molecular complexity index is 1790. The summed E-state index contributed by atoms with van der Waals surface area (Å²) in [5.41, 5.74) is 2.89. The summed E-state index contributed by atoms with van der Waals surface area (Å²) in [6.45, 7) is 0. The minimum atomic E-state index is -0.959. The molecule has 4 aromatic carbocycles. The van der Waals surface area contributed by atoms with E-state index in [1.165, 1.54) is 34.4 Å². The largest absolute Gasteiger partial charge is 0.508 e. The second kappa shape index (κ2) is 10.8. The molecule has 0 aliphatic carbocycles. The number of amides is 1. The summed E-state index contributed by atoms with van der Waals surface area (Å²) in [7, 11) is 0. The summed E-state index contributed by atoms with van der Waals surface area (Å²) < 4.78 is 1.84. The Morgan fingerprint density at radius 2 is 1.68 bits per heavy atom. The molecule has 2 unspecified atom stereocenters. The van der Waals surface area contributed by atoms with Gasteiger partial charge < -0.3 is 10.2 Å². The van der Waals surface area contributed by atoms with Crippen molar-refractivity contribution in [3.05, 3.63) is 95.0 Å². The van der Waals surface area contributed by atoms with Crippen molar-refractivity contribution < 1.29 is 15.0 Å². The van der Waals surface area contributed by atoms with E-state index in [1.54, 1.807) is 30.3 Å². The molecule has 1 fully saturated rings. The maximum Gasteiger partial charge on any atom is 0.248 e. The molecule has 2 heterocycles. The molecule has 5 aromatic rings. The van der Waals surface area contributed by atoms with Crippen molar-refractivity contribution in [3.8, 4) is 11.5 Å². The average Bonchev–Trinajstić information content (AvgIpc) is 3.38. The van der Waals surface area contributed by atoms with E-state index in [0.29, 0.717) is 33.4 Å². The maximum atomic E-state index is 13.0. The highest BCUT2D eigenvalue weighted by atomic mass is 79.9. The number of carbonyl (C=O) groups is 1. The van der Waals surface area contributed by atoms with E-state index >= 15 is 0 Å². The van der Waals surface area contributed by atoms with Gasteiger partial charge in [0.25, 0.3) is 0 Å². The van der Waals surface area contributed by atoms with Gasteiger partial charge in [0.15, 0.2) is 0 Å². The summed E-state index contributed by atoms with van der Waals surface area (Å²) in [4.78, 5) is 18.9. The van der Waals surface area contributed by atoms with E-state index in [-0.39, 0.29) is 11.5 Å². The first kappa shape index (κ1) is 26.1. The highest BCUT2D eigenvalue weighted by Gasteiger charge is 2.50. The number of β-lactam (4-membered cyclic amide) rings is 1. The monoisotopic (exact) mass is 632 g/mol. The lowest BCUT2D eigenvalue weighted by Gasteiger charge is -2.44. The summed E-state index contributed by atoms with van der Waals surface area (Å²) in [5.74, 6) is -0.537. The molecule has 0 saturated carbocycles. The lowest BCUT2D eigenvalue weighted by molar-refractivity contribution is -0.123. The van der Waals surface area contributed by atoms with Gasteiger partial charge in [-0.3, -0.25) is 9.69 Å². The SMILES string of the molecule is O=C1C(Cl)C(c2cc(N=Nc3nc4ccccc4s3)ccc2O)N1c1cc(O)ccc1N=Nc1cccc(Br)c1. The number of aromatic nitrogens is 1. The average molecular weight is 634 g/mol. The van der Waals surface area contributed by atoms with Crippen molar-refractivity contribution in [1.82, 2.24) is 4.98 Å². The number of alkyl halides is 1. The van der Waals surface area contributed by atoms with Gasteiger partial charge in [0.05, 0.1) is 33.3 Å². The fourth-order valence-corrected chi connectivity index (χ4v) is 5.83. The Kier molecular flexibility index (Phi) is 7.01. The van der Waals surface area contributed by atoms with Crippen LogP contribution in [0, 0.1) is 0 Å². The van der Waals surface area contributed by atoms with Crippen LogP contribution in [0.2, 0.25) is 0 Å². The van der Waals surface area contributed by atoms with Gasteiger partial charge in [0.2, 0.25) is 11.0 Å². The Morgan fingerprint density at radius 1 is 0.875 bits per heavy atom. The van der Waals surface area contributed by atoms with Crippen LogP contribution in [-0.4, -0.2) is 26.5 Å². The summed E-state index contributed by atoms with van der Waals surface area (Å²) in [5, 5.41) is 37.7. The number of para-hydroxylation sites is 1. The van der Waals surface area contributed by atoms with Crippen LogP contribution in [0.1, 0.15) is 11.6 Å². The number of hydrogen-bond donors (Lipinski definition) is 2.